The van der Waals surface area contributed by atoms with Gasteiger partial charge < -0.3 is 9.80 Å². The highest BCUT2D eigenvalue weighted by atomic mass is 35.5. The zero-order chi connectivity index (χ0) is 20.1. The number of amides is 2. The maximum atomic E-state index is 12.6. The summed E-state index contributed by atoms with van der Waals surface area (Å²) in [6.45, 7) is 6.01. The summed E-state index contributed by atoms with van der Waals surface area (Å²) in [5.74, 6) is -0.359. The molecule has 1 saturated heterocycles. The number of nitrogens with zero attached hydrogens (tertiary/aromatic N) is 4. The molecule has 1 aromatic carbocycles. The average Bonchev–Trinajstić information content (AvgIpc) is 2.68. The Hall–Kier alpha value is -2.44. The molecule has 1 aromatic heterocycles. The number of benzene rings is 1. The number of piperazine rings is 1. The van der Waals surface area contributed by atoms with Crippen molar-refractivity contribution in [2.75, 3.05) is 39.8 Å². The molecule has 0 radical (unpaired) electrons. The van der Waals surface area contributed by atoms with Crippen molar-refractivity contribution < 1.29 is 9.59 Å². The highest BCUT2D eigenvalue weighted by Crippen LogP contribution is 2.12. The summed E-state index contributed by atoms with van der Waals surface area (Å²) in [6.07, 6.45) is 1.48. The molecule has 28 heavy (non-hydrogen) atoms. The Kier molecular flexibility index (Phi) is 6.65. The Balaban J connectivity index is 1.49. The largest absolute Gasteiger partial charge is 0.339 e. The molecule has 2 aromatic rings. The molecule has 0 atom stereocenters. The van der Waals surface area contributed by atoms with Crippen LogP contribution in [0.4, 0.5) is 0 Å². The molecule has 0 spiro atoms. The molecular weight excluding hydrogens is 376 g/mol. The molecular formula is C21H25ClN4O2. The number of carbonyl (C=O) groups excluding carboxylic acids is 2. The van der Waals surface area contributed by atoms with Crippen molar-refractivity contribution >= 4 is 23.4 Å². The Morgan fingerprint density at radius 3 is 2.57 bits per heavy atom. The lowest BCUT2D eigenvalue weighted by Gasteiger charge is -2.35. The quantitative estimate of drug-likeness (QED) is 0.773. The molecule has 1 fully saturated rings. The van der Waals surface area contributed by atoms with Crippen molar-refractivity contribution in [3.63, 3.8) is 0 Å². The minimum absolute atomic E-state index is 0.0326. The first kappa shape index (κ1) is 20.3. The van der Waals surface area contributed by atoms with Gasteiger partial charge in [0.1, 0.15) is 5.69 Å². The lowest BCUT2D eigenvalue weighted by atomic mass is 10.1. The summed E-state index contributed by atoms with van der Waals surface area (Å²) in [7, 11) is 1.61. The van der Waals surface area contributed by atoms with Crippen LogP contribution in [0.15, 0.2) is 42.6 Å². The third-order valence-corrected chi connectivity index (χ3v) is 5.11. The van der Waals surface area contributed by atoms with E-state index >= 15 is 0 Å². The third kappa shape index (κ3) is 5.30. The number of carbonyl (C=O) groups is 2. The maximum Gasteiger partial charge on any atom is 0.272 e. The smallest absolute Gasteiger partial charge is 0.272 e. The number of aromatic nitrogens is 1. The van der Waals surface area contributed by atoms with Crippen LogP contribution >= 0.6 is 11.6 Å². The summed E-state index contributed by atoms with van der Waals surface area (Å²) in [4.78, 5) is 34.6. The van der Waals surface area contributed by atoms with Crippen LogP contribution in [0.3, 0.4) is 0 Å². The molecule has 1 aliphatic heterocycles. The highest BCUT2D eigenvalue weighted by molar-refractivity contribution is 6.30. The van der Waals surface area contributed by atoms with Crippen molar-refractivity contribution in [2.24, 2.45) is 0 Å². The third-order valence-electron chi connectivity index (χ3n) is 4.87. The van der Waals surface area contributed by atoms with Crippen LogP contribution in [0.1, 0.15) is 21.6 Å². The highest BCUT2D eigenvalue weighted by Gasteiger charge is 2.24. The van der Waals surface area contributed by atoms with E-state index in [1.165, 1.54) is 28.3 Å². The van der Waals surface area contributed by atoms with Crippen molar-refractivity contribution in [1.29, 1.82) is 0 Å². The number of pyridine rings is 1. The summed E-state index contributed by atoms with van der Waals surface area (Å²) >= 11 is 5.91. The van der Waals surface area contributed by atoms with Crippen LogP contribution in [0, 0.1) is 6.92 Å². The number of aryl methyl sites for hydroxylation is 1. The Bertz CT molecular complexity index is 850. The fourth-order valence-electron chi connectivity index (χ4n) is 3.32. The number of likely N-dealkylation sites (N-methyl/N-ethyl adjacent to an activating group) is 1. The van der Waals surface area contributed by atoms with E-state index in [2.05, 4.69) is 41.1 Å². The van der Waals surface area contributed by atoms with E-state index in [0.29, 0.717) is 18.1 Å². The van der Waals surface area contributed by atoms with Crippen molar-refractivity contribution in [3.05, 3.63) is 64.4 Å². The molecule has 0 saturated carbocycles. The molecule has 2 amide bonds. The maximum absolute atomic E-state index is 12.6. The van der Waals surface area contributed by atoms with Crippen LogP contribution < -0.4 is 0 Å². The fraction of sp³-hybridized carbons (Fsp3) is 0.381. The molecule has 7 heteroatoms. The Morgan fingerprint density at radius 1 is 1.14 bits per heavy atom. The second kappa shape index (κ2) is 9.17. The summed E-state index contributed by atoms with van der Waals surface area (Å²) in [6, 6.07) is 11.6. The van der Waals surface area contributed by atoms with Gasteiger partial charge in [-0.3, -0.25) is 19.5 Å². The number of hydrogen-bond acceptors (Lipinski definition) is 4. The summed E-state index contributed by atoms with van der Waals surface area (Å²) < 4.78 is 0. The summed E-state index contributed by atoms with van der Waals surface area (Å²) in [5.41, 5.74) is 2.79. The van der Waals surface area contributed by atoms with Gasteiger partial charge in [0.05, 0.1) is 6.54 Å². The van der Waals surface area contributed by atoms with E-state index in [1.54, 1.807) is 13.1 Å². The standard InChI is InChI=1S/C21H25ClN4O2/c1-16-4-3-5-17(12-16)14-25-8-10-26(11-9-25)20(27)15-24(2)21(28)19-13-18(22)6-7-23-19/h3-7,12-13H,8-11,14-15H2,1-2H3. The van der Waals surface area contributed by atoms with Gasteiger partial charge in [0, 0.05) is 51.0 Å². The lowest BCUT2D eigenvalue weighted by molar-refractivity contribution is -0.133. The molecule has 2 heterocycles. The number of hydrogen-bond donors (Lipinski definition) is 0. The van der Waals surface area contributed by atoms with Gasteiger partial charge in [-0.2, -0.15) is 0 Å². The first-order chi connectivity index (χ1) is 13.4. The molecule has 6 nitrogen and oxygen atoms in total. The SMILES string of the molecule is Cc1cccc(CN2CCN(C(=O)CN(C)C(=O)c3cc(Cl)ccn3)CC2)c1. The molecule has 1 aliphatic rings. The first-order valence-corrected chi connectivity index (χ1v) is 9.73. The molecule has 0 unspecified atom stereocenters. The van der Waals surface area contributed by atoms with Gasteiger partial charge in [-0.1, -0.05) is 41.4 Å². The van der Waals surface area contributed by atoms with Crippen LogP contribution in [0.2, 0.25) is 5.02 Å². The molecule has 148 valence electrons. The number of rotatable bonds is 5. The minimum atomic E-state index is -0.311. The van der Waals surface area contributed by atoms with Gasteiger partial charge in [-0.15, -0.1) is 0 Å². The van der Waals surface area contributed by atoms with E-state index in [0.717, 1.165) is 19.6 Å². The molecule has 3 rings (SSSR count). The first-order valence-electron chi connectivity index (χ1n) is 9.35. The summed E-state index contributed by atoms with van der Waals surface area (Å²) in [5, 5.41) is 0.447. The van der Waals surface area contributed by atoms with Crippen molar-refractivity contribution in [2.45, 2.75) is 13.5 Å². The van der Waals surface area contributed by atoms with E-state index in [9.17, 15) is 9.59 Å². The van der Waals surface area contributed by atoms with Crippen molar-refractivity contribution in [1.82, 2.24) is 19.7 Å². The zero-order valence-electron chi connectivity index (χ0n) is 16.3. The van der Waals surface area contributed by atoms with Crippen LogP contribution in [0.5, 0.6) is 0 Å². The fourth-order valence-corrected chi connectivity index (χ4v) is 3.48. The Morgan fingerprint density at radius 2 is 1.89 bits per heavy atom. The average molecular weight is 401 g/mol. The van der Waals surface area contributed by atoms with E-state index < -0.39 is 0 Å². The second-order valence-corrected chi connectivity index (χ2v) is 7.60. The van der Waals surface area contributed by atoms with Gasteiger partial charge in [0.15, 0.2) is 0 Å². The predicted molar refractivity (Wildman–Crippen MR) is 109 cm³/mol. The monoisotopic (exact) mass is 400 g/mol. The molecule has 0 N–H and O–H groups in total. The van der Waals surface area contributed by atoms with Gasteiger partial charge in [-0.05, 0) is 24.6 Å². The lowest BCUT2D eigenvalue weighted by Crippen LogP contribution is -2.51. The number of halogens is 1. The van der Waals surface area contributed by atoms with Crippen LogP contribution in [0.25, 0.3) is 0 Å². The van der Waals surface area contributed by atoms with E-state index in [1.807, 2.05) is 4.90 Å². The predicted octanol–water partition coefficient (Wildman–Crippen LogP) is 2.46. The van der Waals surface area contributed by atoms with Gasteiger partial charge in [0.2, 0.25) is 5.91 Å². The second-order valence-electron chi connectivity index (χ2n) is 7.17. The normalized spacial score (nSPS) is 14.8. The van der Waals surface area contributed by atoms with E-state index in [4.69, 9.17) is 11.6 Å². The Labute approximate surface area is 170 Å². The van der Waals surface area contributed by atoms with Crippen LogP contribution in [-0.4, -0.2) is 71.3 Å². The van der Waals surface area contributed by atoms with Crippen LogP contribution in [-0.2, 0) is 11.3 Å². The molecule has 0 bridgehead atoms. The molecule has 0 aliphatic carbocycles. The zero-order valence-corrected chi connectivity index (χ0v) is 17.0. The van der Waals surface area contributed by atoms with Gasteiger partial charge in [0.25, 0.3) is 5.91 Å². The van der Waals surface area contributed by atoms with Gasteiger partial charge >= 0.3 is 0 Å². The minimum Gasteiger partial charge on any atom is -0.339 e. The van der Waals surface area contributed by atoms with Crippen molar-refractivity contribution in [3.8, 4) is 0 Å². The van der Waals surface area contributed by atoms with E-state index in [-0.39, 0.29) is 24.1 Å². The topological polar surface area (TPSA) is 56.8 Å². The van der Waals surface area contributed by atoms with Gasteiger partial charge in [-0.25, -0.2) is 0 Å².